The van der Waals surface area contributed by atoms with Crippen LogP contribution in [0.3, 0.4) is 0 Å². The number of nitro benzene ring substituents is 2. The van der Waals surface area contributed by atoms with Crippen LogP contribution in [0.2, 0.25) is 0 Å². The van der Waals surface area contributed by atoms with Crippen LogP contribution in [0, 0.1) is 37.5 Å². The molecule has 0 spiro atoms. The van der Waals surface area contributed by atoms with Crippen LogP contribution >= 0.6 is 20.2 Å². The Kier molecular flexibility index (Phi) is 5.00. The van der Waals surface area contributed by atoms with Crippen molar-refractivity contribution in [2.45, 2.75) is 0 Å². The summed E-state index contributed by atoms with van der Waals surface area (Å²) >= 11 is -3.16. The first kappa shape index (κ1) is 16.5. The van der Waals surface area contributed by atoms with Crippen molar-refractivity contribution in [2.75, 3.05) is 0 Å². The molecule has 0 bridgehead atoms. The van der Waals surface area contributed by atoms with Gasteiger partial charge < -0.3 is 0 Å². The second kappa shape index (κ2) is 6.95. The Labute approximate surface area is 136 Å². The van der Waals surface area contributed by atoms with E-state index >= 15 is 0 Å². The van der Waals surface area contributed by atoms with Crippen LogP contribution in [0.15, 0.2) is 48.5 Å². The summed E-state index contributed by atoms with van der Waals surface area (Å²) in [4.78, 5) is 31.2. The third-order valence-corrected chi connectivity index (χ3v) is 6.88. The molecule has 0 saturated heterocycles. The summed E-state index contributed by atoms with van der Waals surface area (Å²) in [7, 11) is 0. The van der Waals surface area contributed by atoms with Gasteiger partial charge in [-0.1, -0.05) is 0 Å². The van der Waals surface area contributed by atoms with Crippen molar-refractivity contribution in [2.24, 2.45) is 0 Å². The van der Waals surface area contributed by atoms with Gasteiger partial charge in [0, 0.05) is 0 Å². The molecule has 0 unspecified atom stereocenters. The van der Waals surface area contributed by atoms with Gasteiger partial charge in [-0.3, -0.25) is 0 Å². The molecule has 11 heteroatoms. The zero-order chi connectivity index (χ0) is 17.0. The van der Waals surface area contributed by atoms with Crippen LogP contribution in [0.5, 0.6) is 0 Å². The zero-order valence-corrected chi connectivity index (χ0v) is 13.4. The molecule has 0 saturated carbocycles. The van der Waals surface area contributed by atoms with Crippen molar-refractivity contribution in [3.05, 3.63) is 86.0 Å². The first-order valence-corrected chi connectivity index (χ1v) is 8.94. The molecule has 0 aliphatic carbocycles. The normalized spacial score (nSPS) is 10.7. The number of halogens is 1. The summed E-state index contributed by atoms with van der Waals surface area (Å²) in [6, 6.07) is 10.6. The predicted molar refractivity (Wildman–Crippen MR) is 85.7 cm³/mol. The summed E-state index contributed by atoms with van der Waals surface area (Å²) in [6.07, 6.45) is 0. The predicted octanol–water partition coefficient (Wildman–Crippen LogP) is 3.17. The molecule has 0 aliphatic heterocycles. The van der Waals surface area contributed by atoms with Crippen LogP contribution in [-0.4, -0.2) is 14.9 Å². The zero-order valence-electron chi connectivity index (χ0n) is 11.2. The van der Waals surface area contributed by atoms with Crippen LogP contribution < -0.4 is 0 Å². The van der Waals surface area contributed by atoms with Gasteiger partial charge in [0.1, 0.15) is 0 Å². The van der Waals surface area contributed by atoms with Crippen LogP contribution in [0.25, 0.3) is 0 Å². The van der Waals surface area contributed by atoms with Crippen molar-refractivity contribution in [1.29, 1.82) is 0 Å². The van der Waals surface area contributed by atoms with E-state index in [2.05, 4.69) is 0 Å². The maximum absolute atomic E-state index is 10.8. The Bertz CT molecular complexity index is 725. The van der Waals surface area contributed by atoms with E-state index in [1.165, 1.54) is 48.5 Å². The molecule has 0 radical (unpaired) electrons. The molecule has 2 rings (SSSR count). The van der Waals surface area contributed by atoms with Gasteiger partial charge in [-0.05, 0) is 0 Å². The Balaban J connectivity index is 2.51. The van der Waals surface area contributed by atoms with Crippen molar-refractivity contribution in [1.82, 2.24) is 0 Å². The standard InChI is InChI=1S/C12H8IN3O7/c17-14(18)11-5-1-3-9(7-11)13(23-16(21)22)10-4-2-6-12(8-10)15(19)20/h1-8H. The minimum absolute atomic E-state index is 0.234. The Hall–Kier alpha value is -2.83. The van der Waals surface area contributed by atoms with Crippen molar-refractivity contribution >= 4 is 31.6 Å². The van der Waals surface area contributed by atoms with Crippen molar-refractivity contribution in [3.63, 3.8) is 0 Å². The van der Waals surface area contributed by atoms with Gasteiger partial charge in [0.2, 0.25) is 0 Å². The van der Waals surface area contributed by atoms with Crippen molar-refractivity contribution in [3.8, 4) is 0 Å². The summed E-state index contributed by atoms with van der Waals surface area (Å²) in [5.41, 5.74) is -0.468. The third kappa shape index (κ3) is 4.09. The average molecular weight is 433 g/mol. The number of hydrogen-bond acceptors (Lipinski definition) is 7. The average Bonchev–Trinajstić information content (AvgIpc) is 2.52. The van der Waals surface area contributed by atoms with Gasteiger partial charge in [0.05, 0.1) is 0 Å². The molecule has 2 aromatic rings. The fourth-order valence-corrected chi connectivity index (χ4v) is 5.42. The number of hydrogen-bond donors (Lipinski definition) is 0. The van der Waals surface area contributed by atoms with E-state index in [1.807, 2.05) is 0 Å². The van der Waals surface area contributed by atoms with Crippen molar-refractivity contribution < 1.29 is 18.1 Å². The number of nitro groups is 2. The minimum atomic E-state index is -3.16. The van der Waals surface area contributed by atoms with Crippen LogP contribution in [-0.2, 0) is 3.17 Å². The van der Waals surface area contributed by atoms with E-state index in [1.54, 1.807) is 0 Å². The second-order valence-corrected chi connectivity index (χ2v) is 8.32. The SMILES string of the molecule is O=[N+]([O-])OI(c1cccc([N+](=O)[O-])c1)c1cccc([N+](=O)[O-])c1. The molecule has 0 heterocycles. The molecule has 0 amide bonds. The molecule has 2 aromatic carbocycles. The summed E-state index contributed by atoms with van der Waals surface area (Å²) in [5.74, 6) is 0. The van der Waals surface area contributed by atoms with Gasteiger partial charge in [-0.15, -0.1) is 0 Å². The van der Waals surface area contributed by atoms with E-state index < -0.39 is 35.2 Å². The molecule has 120 valence electrons. The number of rotatable bonds is 6. The van der Waals surface area contributed by atoms with E-state index in [0.717, 1.165) is 0 Å². The topological polar surface area (TPSA) is 139 Å². The van der Waals surface area contributed by atoms with E-state index in [9.17, 15) is 30.3 Å². The first-order valence-electron chi connectivity index (χ1n) is 5.90. The van der Waals surface area contributed by atoms with Gasteiger partial charge >= 0.3 is 136 Å². The van der Waals surface area contributed by atoms with E-state index in [4.69, 9.17) is 3.17 Å². The van der Waals surface area contributed by atoms with Crippen LogP contribution in [0.4, 0.5) is 11.4 Å². The molecule has 0 N–H and O–H groups in total. The first-order chi connectivity index (χ1) is 10.9. The molecule has 0 atom stereocenters. The molecule has 0 aliphatic rings. The summed E-state index contributed by atoms with van der Waals surface area (Å²) in [5, 5.41) is 31.4. The number of benzene rings is 2. The van der Waals surface area contributed by atoms with E-state index in [-0.39, 0.29) is 11.4 Å². The number of non-ortho nitro benzene ring substituents is 2. The second-order valence-electron chi connectivity index (χ2n) is 4.02. The Morgan fingerprint density at radius 3 is 1.57 bits per heavy atom. The van der Waals surface area contributed by atoms with E-state index in [0.29, 0.717) is 7.14 Å². The molecule has 10 nitrogen and oxygen atoms in total. The van der Waals surface area contributed by atoms with Gasteiger partial charge in [0.25, 0.3) is 0 Å². The number of nitrogens with zero attached hydrogens (tertiary/aromatic N) is 3. The fraction of sp³-hybridized carbons (Fsp3) is 0. The maximum atomic E-state index is 10.8. The van der Waals surface area contributed by atoms with Gasteiger partial charge in [-0.2, -0.15) is 0 Å². The molecular weight excluding hydrogens is 425 g/mol. The summed E-state index contributed by atoms with van der Waals surface area (Å²) in [6.45, 7) is 0. The monoisotopic (exact) mass is 433 g/mol. The third-order valence-electron chi connectivity index (χ3n) is 2.56. The molecule has 23 heavy (non-hydrogen) atoms. The summed E-state index contributed by atoms with van der Waals surface area (Å²) < 4.78 is 5.31. The Morgan fingerprint density at radius 2 is 1.22 bits per heavy atom. The molecule has 0 aromatic heterocycles. The fourth-order valence-electron chi connectivity index (χ4n) is 1.65. The quantitative estimate of drug-likeness (QED) is 0.387. The molecule has 0 fully saturated rings. The van der Waals surface area contributed by atoms with Gasteiger partial charge in [0.15, 0.2) is 0 Å². The van der Waals surface area contributed by atoms with Gasteiger partial charge in [-0.25, -0.2) is 0 Å². The Morgan fingerprint density at radius 1 is 0.783 bits per heavy atom. The molecular formula is C12H8IN3O7. The van der Waals surface area contributed by atoms with Crippen LogP contribution in [0.1, 0.15) is 0 Å².